The predicted octanol–water partition coefficient (Wildman–Crippen LogP) is 2.61. The molecule has 1 N–H and O–H groups in total. The highest BCUT2D eigenvalue weighted by Gasteiger charge is 2.27. The number of phenols is 1. The summed E-state index contributed by atoms with van der Waals surface area (Å²) in [6.45, 7) is 0. The molecule has 1 aliphatic carbocycles. The first kappa shape index (κ1) is 10.7. The molecule has 88 valence electrons. The van der Waals surface area contributed by atoms with E-state index in [2.05, 4.69) is 4.98 Å². The van der Waals surface area contributed by atoms with E-state index in [-0.39, 0.29) is 11.5 Å². The monoisotopic (exact) mass is 237 g/mol. The van der Waals surface area contributed by atoms with Crippen LogP contribution in [0.5, 0.6) is 5.75 Å². The highest BCUT2D eigenvalue weighted by molar-refractivity contribution is 6.17. The summed E-state index contributed by atoms with van der Waals surface area (Å²) in [6.07, 6.45) is 5.80. The lowest BCUT2D eigenvalue weighted by Crippen LogP contribution is -1.95. The molecule has 1 aromatic carbocycles. The van der Waals surface area contributed by atoms with Crippen LogP contribution in [0.4, 0.5) is 0 Å². The minimum Gasteiger partial charge on any atom is -0.507 e. The number of ketones is 1. The number of carbonyl (C=O) groups is 1. The molecule has 18 heavy (non-hydrogen) atoms. The summed E-state index contributed by atoms with van der Waals surface area (Å²) < 4.78 is 0. The van der Waals surface area contributed by atoms with Gasteiger partial charge in [-0.1, -0.05) is 18.2 Å². The molecule has 0 radical (unpaired) electrons. The van der Waals surface area contributed by atoms with E-state index in [1.807, 2.05) is 24.3 Å². The van der Waals surface area contributed by atoms with E-state index in [1.165, 1.54) is 0 Å². The van der Waals surface area contributed by atoms with Crippen molar-refractivity contribution >= 4 is 11.9 Å². The molecule has 0 unspecified atom stereocenters. The molecule has 0 atom stereocenters. The van der Waals surface area contributed by atoms with Crippen molar-refractivity contribution in [3.63, 3.8) is 0 Å². The van der Waals surface area contributed by atoms with Crippen LogP contribution in [0.25, 0.3) is 6.08 Å². The predicted molar refractivity (Wildman–Crippen MR) is 68.4 cm³/mol. The Morgan fingerprint density at radius 2 is 2.11 bits per heavy atom. The third kappa shape index (κ3) is 1.70. The van der Waals surface area contributed by atoms with Crippen LogP contribution < -0.4 is 0 Å². The Bertz CT molecular complexity index is 645. The number of fused-ring (bicyclic) bond motifs is 1. The van der Waals surface area contributed by atoms with E-state index in [0.717, 1.165) is 11.1 Å². The zero-order valence-electron chi connectivity index (χ0n) is 9.63. The lowest BCUT2D eigenvalue weighted by molar-refractivity contribution is 0.103. The minimum atomic E-state index is -0.0908. The average Bonchev–Trinajstić information content (AvgIpc) is 2.69. The Morgan fingerprint density at radius 1 is 1.22 bits per heavy atom. The lowest BCUT2D eigenvalue weighted by atomic mass is 10.1. The number of aromatic hydroxyl groups is 1. The molecular formula is C15H11NO2. The fraction of sp³-hybridized carbons (Fsp3) is 0.0667. The van der Waals surface area contributed by atoms with Gasteiger partial charge in [0.05, 0.1) is 5.56 Å². The molecule has 0 aliphatic heterocycles. The topological polar surface area (TPSA) is 50.2 Å². The number of rotatable bonds is 1. The fourth-order valence-electron chi connectivity index (χ4n) is 2.22. The Labute approximate surface area is 104 Å². The number of hydrogen-bond acceptors (Lipinski definition) is 3. The molecule has 0 bridgehead atoms. The molecule has 3 heteroatoms. The molecular weight excluding hydrogens is 226 g/mol. The lowest BCUT2D eigenvalue weighted by Gasteiger charge is -1.98. The first-order chi connectivity index (χ1) is 8.75. The number of aromatic nitrogens is 1. The fourth-order valence-corrected chi connectivity index (χ4v) is 2.22. The minimum absolute atomic E-state index is 0.0621. The molecule has 3 rings (SSSR count). The molecule has 0 saturated heterocycles. The molecule has 3 nitrogen and oxygen atoms in total. The van der Waals surface area contributed by atoms with Gasteiger partial charge in [0.1, 0.15) is 5.75 Å². The van der Waals surface area contributed by atoms with E-state index in [1.54, 1.807) is 24.5 Å². The van der Waals surface area contributed by atoms with Gasteiger partial charge in [-0.05, 0) is 29.3 Å². The number of Topliss-reactive ketones (excluding diaryl/α,β-unsaturated/α-hetero) is 1. The van der Waals surface area contributed by atoms with Gasteiger partial charge in [-0.15, -0.1) is 0 Å². The number of hydrogen-bond donors (Lipinski definition) is 1. The van der Waals surface area contributed by atoms with Crippen molar-refractivity contribution in [2.45, 2.75) is 6.42 Å². The van der Waals surface area contributed by atoms with Crippen LogP contribution in [0.2, 0.25) is 0 Å². The number of phenolic OH excluding ortho intramolecular Hbond substituents is 1. The van der Waals surface area contributed by atoms with Gasteiger partial charge in [-0.25, -0.2) is 0 Å². The highest BCUT2D eigenvalue weighted by Crippen LogP contribution is 2.33. The highest BCUT2D eigenvalue weighted by atomic mass is 16.3. The van der Waals surface area contributed by atoms with E-state index in [4.69, 9.17) is 0 Å². The smallest absolute Gasteiger partial charge is 0.193 e. The van der Waals surface area contributed by atoms with Gasteiger partial charge in [0.25, 0.3) is 0 Å². The summed E-state index contributed by atoms with van der Waals surface area (Å²) in [5, 5.41) is 9.73. The molecule has 0 fully saturated rings. The molecule has 1 aromatic heterocycles. The van der Waals surface area contributed by atoms with Gasteiger partial charge in [-0.3, -0.25) is 9.78 Å². The first-order valence-electron chi connectivity index (χ1n) is 5.72. The number of nitrogens with zero attached hydrogens (tertiary/aromatic N) is 1. The normalized spacial score (nSPS) is 16.0. The molecule has 0 spiro atoms. The van der Waals surface area contributed by atoms with E-state index < -0.39 is 0 Å². The van der Waals surface area contributed by atoms with Crippen LogP contribution in [0.15, 0.2) is 48.3 Å². The van der Waals surface area contributed by atoms with Crippen LogP contribution in [0, 0.1) is 0 Å². The van der Waals surface area contributed by atoms with Crippen molar-refractivity contribution in [1.29, 1.82) is 0 Å². The van der Waals surface area contributed by atoms with Crippen LogP contribution in [0.3, 0.4) is 0 Å². The van der Waals surface area contributed by atoms with Crippen LogP contribution in [-0.2, 0) is 6.42 Å². The number of carbonyl (C=O) groups excluding carboxylic acids is 1. The van der Waals surface area contributed by atoms with Crippen molar-refractivity contribution in [1.82, 2.24) is 4.98 Å². The molecule has 2 aromatic rings. The van der Waals surface area contributed by atoms with Crippen LogP contribution >= 0.6 is 0 Å². The SMILES string of the molecule is O=C1/C(=C/c2cccnc2)Cc2cccc(O)c21. The van der Waals surface area contributed by atoms with Gasteiger partial charge < -0.3 is 5.11 Å². The maximum atomic E-state index is 12.2. The Kier molecular flexibility index (Phi) is 2.45. The zero-order chi connectivity index (χ0) is 12.5. The average molecular weight is 237 g/mol. The van der Waals surface area contributed by atoms with Gasteiger partial charge in [0.15, 0.2) is 5.78 Å². The van der Waals surface area contributed by atoms with Crippen molar-refractivity contribution in [3.8, 4) is 5.75 Å². The molecule has 1 heterocycles. The number of pyridine rings is 1. The summed E-state index contributed by atoms with van der Waals surface area (Å²) in [5.74, 6) is -0.0287. The first-order valence-corrected chi connectivity index (χ1v) is 5.72. The maximum absolute atomic E-state index is 12.2. The van der Waals surface area contributed by atoms with Gasteiger partial charge in [0, 0.05) is 24.4 Å². The van der Waals surface area contributed by atoms with Gasteiger partial charge in [-0.2, -0.15) is 0 Å². The number of benzene rings is 1. The second-order valence-electron chi connectivity index (χ2n) is 4.27. The van der Waals surface area contributed by atoms with Crippen molar-refractivity contribution in [3.05, 3.63) is 65.0 Å². The van der Waals surface area contributed by atoms with Crippen molar-refractivity contribution in [2.24, 2.45) is 0 Å². The van der Waals surface area contributed by atoms with Gasteiger partial charge in [0.2, 0.25) is 0 Å². The second-order valence-corrected chi connectivity index (χ2v) is 4.27. The summed E-state index contributed by atoms with van der Waals surface area (Å²) in [6, 6.07) is 8.90. The molecule has 0 saturated carbocycles. The third-order valence-corrected chi connectivity index (χ3v) is 3.05. The largest absolute Gasteiger partial charge is 0.507 e. The Morgan fingerprint density at radius 3 is 2.83 bits per heavy atom. The third-order valence-electron chi connectivity index (χ3n) is 3.05. The van der Waals surface area contributed by atoms with Crippen molar-refractivity contribution in [2.75, 3.05) is 0 Å². The molecule has 0 amide bonds. The standard InChI is InChI=1S/C15H11NO2/c17-13-5-1-4-11-8-12(15(18)14(11)13)7-10-3-2-6-16-9-10/h1-7,9,17H,8H2/b12-7+. The summed E-state index contributed by atoms with van der Waals surface area (Å²) >= 11 is 0. The Balaban J connectivity index is 2.03. The van der Waals surface area contributed by atoms with Crippen molar-refractivity contribution < 1.29 is 9.90 Å². The van der Waals surface area contributed by atoms with E-state index in [0.29, 0.717) is 17.6 Å². The van der Waals surface area contributed by atoms with Crippen LogP contribution in [0.1, 0.15) is 21.5 Å². The summed E-state index contributed by atoms with van der Waals surface area (Å²) in [5.41, 5.74) is 2.91. The zero-order valence-corrected chi connectivity index (χ0v) is 9.63. The van der Waals surface area contributed by atoms with E-state index in [9.17, 15) is 9.90 Å². The summed E-state index contributed by atoms with van der Waals surface area (Å²) in [4.78, 5) is 16.2. The maximum Gasteiger partial charge on any atom is 0.193 e. The van der Waals surface area contributed by atoms with Gasteiger partial charge >= 0.3 is 0 Å². The summed E-state index contributed by atoms with van der Waals surface area (Å²) in [7, 11) is 0. The van der Waals surface area contributed by atoms with Crippen LogP contribution in [-0.4, -0.2) is 15.9 Å². The Hall–Kier alpha value is -2.42. The second kappa shape index (κ2) is 4.11. The van der Waals surface area contributed by atoms with E-state index >= 15 is 0 Å². The number of allylic oxidation sites excluding steroid dienone is 1. The quantitative estimate of drug-likeness (QED) is 0.775. The molecule has 1 aliphatic rings.